The third-order valence-electron chi connectivity index (χ3n) is 9.45. The fourth-order valence-electron chi connectivity index (χ4n) is 7.48. The molecule has 2 fully saturated rings. The number of aliphatic hydroxyl groups is 1. The SMILES string of the molecule is C[C@H]1[C@H]([Si](C)(C)O)[C@@H](CCn2cc(CCO)nn2)O[C@]12C(=O)N(Cc1cccc(NC(=O)[C@H]3CCCN3)c1)c1ccc(Cl)cc12. The van der Waals surface area contributed by atoms with E-state index in [-0.39, 0.29) is 42.5 Å². The summed E-state index contributed by atoms with van der Waals surface area (Å²) in [7, 11) is -2.84. The molecule has 4 N–H and O–H groups in total. The summed E-state index contributed by atoms with van der Waals surface area (Å²) in [5, 5.41) is 24.3. The van der Waals surface area contributed by atoms with Gasteiger partial charge >= 0.3 is 0 Å². The largest absolute Gasteiger partial charge is 0.432 e. The maximum Gasteiger partial charge on any atom is 0.264 e. The predicted octanol–water partition coefficient (Wildman–Crippen LogP) is 3.59. The van der Waals surface area contributed by atoms with E-state index in [0.29, 0.717) is 41.4 Å². The molecule has 1 aromatic heterocycles. The molecular formula is C32H41ClN6O5Si. The number of halogens is 1. The van der Waals surface area contributed by atoms with Crippen LogP contribution in [0.3, 0.4) is 0 Å². The Balaban J connectivity index is 1.28. The van der Waals surface area contributed by atoms with Gasteiger partial charge < -0.3 is 30.2 Å². The number of anilines is 2. The zero-order chi connectivity index (χ0) is 31.9. The first-order valence-corrected chi connectivity index (χ1v) is 19.1. The van der Waals surface area contributed by atoms with E-state index in [1.54, 1.807) is 21.8 Å². The molecule has 11 nitrogen and oxygen atoms in total. The number of nitrogens with zero attached hydrogens (tertiary/aromatic N) is 4. The lowest BCUT2D eigenvalue weighted by atomic mass is 9.82. The molecule has 0 saturated carbocycles. The van der Waals surface area contributed by atoms with Crippen molar-refractivity contribution in [2.45, 2.75) is 82.1 Å². The molecule has 0 unspecified atom stereocenters. The van der Waals surface area contributed by atoms with Crippen LogP contribution in [0, 0.1) is 5.92 Å². The number of aromatic nitrogens is 3. The Bertz CT molecular complexity index is 1570. The van der Waals surface area contributed by atoms with E-state index in [1.807, 2.05) is 56.4 Å². The third kappa shape index (κ3) is 6.07. The van der Waals surface area contributed by atoms with Gasteiger partial charge in [0.05, 0.1) is 30.1 Å². The molecule has 13 heteroatoms. The van der Waals surface area contributed by atoms with E-state index in [9.17, 15) is 19.5 Å². The van der Waals surface area contributed by atoms with Gasteiger partial charge in [0.15, 0.2) is 13.9 Å². The van der Waals surface area contributed by atoms with Crippen LogP contribution < -0.4 is 15.5 Å². The molecule has 45 heavy (non-hydrogen) atoms. The van der Waals surface area contributed by atoms with Crippen molar-refractivity contribution in [3.05, 3.63) is 70.5 Å². The molecule has 2 saturated heterocycles. The zero-order valence-corrected chi connectivity index (χ0v) is 27.6. The second kappa shape index (κ2) is 12.6. The summed E-state index contributed by atoms with van der Waals surface area (Å²) < 4.78 is 8.61. The highest BCUT2D eigenvalue weighted by atomic mass is 35.5. The number of fused-ring (bicyclic) bond motifs is 2. The van der Waals surface area contributed by atoms with E-state index >= 15 is 0 Å². The standard InChI is InChI=1S/C32H41ClN6O5Si/c1-20-29(45(2,3)43)28(11-14-38-19-24(12-15-40)36-37-38)44-32(20)25-17-22(33)9-10-27(25)39(31(32)42)18-21-6-4-7-23(16-21)35-30(41)26-8-5-13-34-26/h4,6-7,9-10,16-17,19-20,26,28-29,34,40,43H,5,8,11-15,18H2,1-3H3,(H,35,41)/t20-,26+,28+,29-,32+/m0/s1. The molecule has 2 amide bonds. The van der Waals surface area contributed by atoms with E-state index in [2.05, 4.69) is 20.9 Å². The molecule has 2 aromatic carbocycles. The van der Waals surface area contributed by atoms with Crippen molar-refractivity contribution in [2.24, 2.45) is 5.92 Å². The Labute approximate surface area is 269 Å². The van der Waals surface area contributed by atoms with Gasteiger partial charge in [0, 0.05) is 53.5 Å². The topological polar surface area (TPSA) is 142 Å². The second-order valence-electron chi connectivity index (χ2n) is 13.0. The first-order valence-electron chi connectivity index (χ1n) is 15.7. The van der Waals surface area contributed by atoms with Crippen LogP contribution in [0.1, 0.15) is 43.0 Å². The van der Waals surface area contributed by atoms with Crippen LogP contribution in [0.15, 0.2) is 48.7 Å². The highest BCUT2D eigenvalue weighted by molar-refractivity contribution is 6.71. The summed E-state index contributed by atoms with van der Waals surface area (Å²) in [6, 6.07) is 12.8. The minimum absolute atomic E-state index is 0.00566. The zero-order valence-electron chi connectivity index (χ0n) is 25.9. The van der Waals surface area contributed by atoms with Crippen molar-refractivity contribution >= 4 is 43.1 Å². The first kappa shape index (κ1) is 31.8. The fraction of sp³-hybridized carbons (Fsp3) is 0.500. The van der Waals surface area contributed by atoms with Gasteiger partial charge in [-0.05, 0) is 74.8 Å². The summed E-state index contributed by atoms with van der Waals surface area (Å²) in [5.74, 6) is -0.569. The smallest absolute Gasteiger partial charge is 0.264 e. The van der Waals surface area contributed by atoms with Gasteiger partial charge in [-0.2, -0.15) is 0 Å². The Morgan fingerprint density at radius 2 is 2.09 bits per heavy atom. The molecule has 240 valence electrons. The van der Waals surface area contributed by atoms with Crippen molar-refractivity contribution in [3.63, 3.8) is 0 Å². The molecule has 4 heterocycles. The molecule has 3 aromatic rings. The minimum Gasteiger partial charge on any atom is -0.432 e. The highest BCUT2D eigenvalue weighted by Gasteiger charge is 2.66. The lowest BCUT2D eigenvalue weighted by molar-refractivity contribution is -0.146. The highest BCUT2D eigenvalue weighted by Crippen LogP contribution is 2.60. The maximum atomic E-state index is 14.7. The number of benzene rings is 2. The van der Waals surface area contributed by atoms with Crippen LogP contribution >= 0.6 is 11.6 Å². The number of nitrogens with one attached hydrogen (secondary N) is 2. The van der Waals surface area contributed by atoms with Gasteiger partial charge in [0.1, 0.15) is 0 Å². The van der Waals surface area contributed by atoms with Crippen LogP contribution in [0.25, 0.3) is 0 Å². The van der Waals surface area contributed by atoms with Crippen molar-refractivity contribution in [1.82, 2.24) is 20.3 Å². The lowest BCUT2D eigenvalue weighted by Crippen LogP contribution is -2.46. The fourth-order valence-corrected chi connectivity index (χ4v) is 10.3. The van der Waals surface area contributed by atoms with E-state index in [4.69, 9.17) is 16.3 Å². The molecular weight excluding hydrogens is 612 g/mol. The van der Waals surface area contributed by atoms with E-state index < -0.39 is 20.0 Å². The van der Waals surface area contributed by atoms with Crippen molar-refractivity contribution < 1.29 is 24.2 Å². The second-order valence-corrected chi connectivity index (χ2v) is 17.4. The van der Waals surface area contributed by atoms with Gasteiger partial charge in [0.25, 0.3) is 5.91 Å². The molecule has 0 aliphatic carbocycles. The number of aliphatic hydroxyl groups excluding tert-OH is 1. The van der Waals surface area contributed by atoms with Crippen LogP contribution in [0.2, 0.25) is 23.7 Å². The van der Waals surface area contributed by atoms with E-state index in [1.165, 1.54) is 0 Å². The lowest BCUT2D eigenvalue weighted by Gasteiger charge is -2.32. The number of carbonyl (C=O) groups excluding carboxylic acids is 2. The summed E-state index contributed by atoms with van der Waals surface area (Å²) in [6.07, 6.45) is 4.14. The third-order valence-corrected chi connectivity index (χ3v) is 12.2. The number of hydrogen-bond donors (Lipinski definition) is 4. The van der Waals surface area contributed by atoms with Gasteiger partial charge in [-0.25, -0.2) is 0 Å². The number of ether oxygens (including phenoxy) is 1. The first-order chi connectivity index (χ1) is 21.5. The molecule has 0 radical (unpaired) electrons. The summed E-state index contributed by atoms with van der Waals surface area (Å²) in [5.41, 5.74) is 2.12. The number of aryl methyl sites for hydroxylation is 1. The molecule has 5 atom stereocenters. The van der Waals surface area contributed by atoms with Gasteiger partial charge in [-0.1, -0.05) is 35.9 Å². The van der Waals surface area contributed by atoms with Gasteiger partial charge in [-0.15, -0.1) is 5.10 Å². The summed E-state index contributed by atoms with van der Waals surface area (Å²) in [4.78, 5) is 40.7. The van der Waals surface area contributed by atoms with Gasteiger partial charge in [0.2, 0.25) is 5.91 Å². The summed E-state index contributed by atoms with van der Waals surface area (Å²) >= 11 is 6.54. The monoisotopic (exact) mass is 652 g/mol. The molecule has 3 aliphatic heterocycles. The maximum absolute atomic E-state index is 14.7. The number of carbonyl (C=O) groups is 2. The van der Waals surface area contributed by atoms with Crippen LogP contribution in [0.4, 0.5) is 11.4 Å². The Morgan fingerprint density at radius 1 is 1.27 bits per heavy atom. The molecule has 1 spiro atoms. The van der Waals surface area contributed by atoms with Crippen molar-refractivity contribution in [2.75, 3.05) is 23.4 Å². The van der Waals surface area contributed by atoms with Crippen LogP contribution in [0.5, 0.6) is 0 Å². The number of hydrogen-bond acceptors (Lipinski definition) is 8. The average molecular weight is 653 g/mol. The molecule has 3 aliphatic rings. The number of rotatable bonds is 10. The summed E-state index contributed by atoms with van der Waals surface area (Å²) in [6.45, 7) is 7.40. The van der Waals surface area contributed by atoms with Crippen LogP contribution in [-0.4, -0.2) is 70.3 Å². The number of amides is 2. The van der Waals surface area contributed by atoms with Crippen molar-refractivity contribution in [1.29, 1.82) is 0 Å². The average Bonchev–Trinajstić information content (AvgIpc) is 3.77. The molecule has 6 rings (SSSR count). The van der Waals surface area contributed by atoms with E-state index in [0.717, 1.165) is 30.6 Å². The predicted molar refractivity (Wildman–Crippen MR) is 173 cm³/mol. The van der Waals surface area contributed by atoms with Crippen molar-refractivity contribution in [3.8, 4) is 0 Å². The van der Waals surface area contributed by atoms with Crippen LogP contribution in [-0.2, 0) is 39.4 Å². The Kier molecular flexibility index (Phi) is 8.90. The minimum atomic E-state index is -2.84. The molecule has 0 bridgehead atoms. The quantitative estimate of drug-likeness (QED) is 0.244. The van der Waals surface area contributed by atoms with Gasteiger partial charge in [-0.3, -0.25) is 14.3 Å². The Morgan fingerprint density at radius 3 is 2.82 bits per heavy atom. The Hall–Kier alpha value is -3.13. The normalized spacial score (nSPS) is 26.2.